The molecule has 1 aromatic rings. The summed E-state index contributed by atoms with van der Waals surface area (Å²) < 4.78 is 0. The number of hydrogen-bond donors (Lipinski definition) is 1. The van der Waals surface area contributed by atoms with Crippen LogP contribution in [-0.2, 0) is 11.4 Å². The van der Waals surface area contributed by atoms with E-state index < -0.39 is 0 Å². The van der Waals surface area contributed by atoms with Crippen molar-refractivity contribution < 1.29 is 14.7 Å². The number of aliphatic hydroxyl groups is 1. The van der Waals surface area contributed by atoms with E-state index >= 15 is 0 Å². The second kappa shape index (κ2) is 5.60. The fourth-order valence-electron chi connectivity index (χ4n) is 1.30. The van der Waals surface area contributed by atoms with Crippen LogP contribution in [-0.4, -0.2) is 26.2 Å². The highest BCUT2D eigenvalue weighted by molar-refractivity contribution is 5.72. The number of rotatable bonds is 5. The average molecular weight is 227 g/mol. The Morgan fingerprint density at radius 2 is 2.31 bits per heavy atom. The Balaban J connectivity index is 2.66. The maximum atomic E-state index is 11.6. The molecule has 6 nitrogen and oxygen atoms in total. The third-order valence-electron chi connectivity index (χ3n) is 2.40. The third-order valence-corrected chi connectivity index (χ3v) is 2.40. The fourth-order valence-corrected chi connectivity index (χ4v) is 1.30. The van der Waals surface area contributed by atoms with E-state index in [1.165, 1.54) is 0 Å². The van der Waals surface area contributed by atoms with E-state index in [9.17, 15) is 4.79 Å². The summed E-state index contributed by atoms with van der Waals surface area (Å²) in [4.78, 5) is 17.7. The lowest BCUT2D eigenvalue weighted by Gasteiger charge is -2.09. The second-order valence-electron chi connectivity index (χ2n) is 3.75. The van der Waals surface area contributed by atoms with Crippen molar-refractivity contribution in [1.82, 2.24) is 15.2 Å². The zero-order chi connectivity index (χ0) is 12.1. The van der Waals surface area contributed by atoms with Crippen LogP contribution in [0, 0.1) is 12.8 Å². The molecule has 1 unspecified atom stereocenters. The Bertz CT molecular complexity index is 362. The molecule has 0 aliphatic carbocycles. The number of hydrogen-bond acceptors (Lipinski definition) is 5. The maximum Gasteiger partial charge on any atom is 0.337 e. The highest BCUT2D eigenvalue weighted by atomic mass is 16.7. The molecule has 1 aromatic heterocycles. The van der Waals surface area contributed by atoms with Crippen LogP contribution in [0.15, 0.2) is 0 Å². The highest BCUT2D eigenvalue weighted by Crippen LogP contribution is 2.07. The van der Waals surface area contributed by atoms with E-state index in [1.54, 1.807) is 6.92 Å². The van der Waals surface area contributed by atoms with Gasteiger partial charge in [0, 0.05) is 0 Å². The zero-order valence-corrected chi connectivity index (χ0v) is 9.80. The molecule has 0 aliphatic rings. The SMILES string of the molecule is CCCC(C)C(=O)On1nnc(CO)c1C. The third kappa shape index (κ3) is 2.79. The molecule has 0 fully saturated rings. The molecule has 0 aromatic carbocycles. The summed E-state index contributed by atoms with van der Waals surface area (Å²) in [5.41, 5.74) is 0.954. The zero-order valence-electron chi connectivity index (χ0n) is 9.80. The molecule has 0 radical (unpaired) electrons. The molecule has 0 saturated heterocycles. The van der Waals surface area contributed by atoms with Gasteiger partial charge in [0.05, 0.1) is 12.5 Å². The van der Waals surface area contributed by atoms with Crippen molar-refractivity contribution >= 4 is 5.97 Å². The van der Waals surface area contributed by atoms with Crippen LogP contribution >= 0.6 is 0 Å². The van der Waals surface area contributed by atoms with E-state index in [1.807, 2.05) is 13.8 Å². The molecule has 1 N–H and O–H groups in total. The van der Waals surface area contributed by atoms with Gasteiger partial charge in [0.2, 0.25) is 0 Å². The van der Waals surface area contributed by atoms with Gasteiger partial charge < -0.3 is 9.94 Å². The Kier molecular flexibility index (Phi) is 4.42. The van der Waals surface area contributed by atoms with Crippen molar-refractivity contribution in [2.45, 2.75) is 40.2 Å². The summed E-state index contributed by atoms with van der Waals surface area (Å²) in [5, 5.41) is 16.2. The molecule has 0 saturated carbocycles. The van der Waals surface area contributed by atoms with Crippen molar-refractivity contribution in [3.8, 4) is 0 Å². The number of aromatic nitrogens is 3. The van der Waals surface area contributed by atoms with Crippen LogP contribution in [0.25, 0.3) is 0 Å². The summed E-state index contributed by atoms with van der Waals surface area (Å²) in [5.74, 6) is -0.495. The first-order valence-electron chi connectivity index (χ1n) is 5.34. The minimum absolute atomic E-state index is 0.161. The van der Waals surface area contributed by atoms with Gasteiger partial charge in [-0.2, -0.15) is 0 Å². The Morgan fingerprint density at radius 3 is 2.81 bits per heavy atom. The van der Waals surface area contributed by atoms with Crippen LogP contribution < -0.4 is 4.84 Å². The summed E-state index contributed by atoms with van der Waals surface area (Å²) in [6.45, 7) is 5.29. The fraction of sp³-hybridized carbons (Fsp3) is 0.700. The summed E-state index contributed by atoms with van der Waals surface area (Å²) >= 11 is 0. The van der Waals surface area contributed by atoms with Crippen molar-refractivity contribution in [2.75, 3.05) is 0 Å². The van der Waals surface area contributed by atoms with Gasteiger partial charge >= 0.3 is 5.97 Å². The molecular weight excluding hydrogens is 210 g/mol. The molecule has 16 heavy (non-hydrogen) atoms. The predicted octanol–water partition coefficient (Wildman–Crippen LogP) is 0.470. The smallest absolute Gasteiger partial charge is 0.337 e. The Labute approximate surface area is 94.2 Å². The van der Waals surface area contributed by atoms with Crippen LogP contribution in [0.3, 0.4) is 0 Å². The molecular formula is C10H17N3O3. The Hall–Kier alpha value is -1.43. The molecule has 0 bridgehead atoms. The van der Waals surface area contributed by atoms with Crippen molar-refractivity contribution in [1.29, 1.82) is 0 Å². The lowest BCUT2D eigenvalue weighted by molar-refractivity contribution is -0.150. The van der Waals surface area contributed by atoms with E-state index in [0.29, 0.717) is 11.4 Å². The molecule has 0 aliphatic heterocycles. The highest BCUT2D eigenvalue weighted by Gasteiger charge is 2.17. The number of aliphatic hydroxyl groups excluding tert-OH is 1. The average Bonchev–Trinajstić information content (AvgIpc) is 2.60. The first kappa shape index (κ1) is 12.6. The van der Waals surface area contributed by atoms with E-state index in [2.05, 4.69) is 10.3 Å². The van der Waals surface area contributed by atoms with Gasteiger partial charge in [0.25, 0.3) is 0 Å². The lowest BCUT2D eigenvalue weighted by Crippen LogP contribution is -2.27. The minimum Gasteiger partial charge on any atom is -0.390 e. The first-order chi connectivity index (χ1) is 7.60. The topological polar surface area (TPSA) is 77.2 Å². The lowest BCUT2D eigenvalue weighted by atomic mass is 10.1. The van der Waals surface area contributed by atoms with Gasteiger partial charge in [-0.15, -0.1) is 5.10 Å². The van der Waals surface area contributed by atoms with Gasteiger partial charge in [-0.25, -0.2) is 4.79 Å². The van der Waals surface area contributed by atoms with Gasteiger partial charge in [0.1, 0.15) is 11.4 Å². The van der Waals surface area contributed by atoms with E-state index in [0.717, 1.165) is 17.7 Å². The van der Waals surface area contributed by atoms with Crippen molar-refractivity contribution in [3.05, 3.63) is 11.4 Å². The van der Waals surface area contributed by atoms with E-state index in [-0.39, 0.29) is 18.5 Å². The second-order valence-corrected chi connectivity index (χ2v) is 3.75. The van der Waals surface area contributed by atoms with Gasteiger partial charge in [-0.05, 0) is 18.6 Å². The molecule has 0 amide bonds. The monoisotopic (exact) mass is 227 g/mol. The molecule has 90 valence electrons. The largest absolute Gasteiger partial charge is 0.390 e. The first-order valence-corrected chi connectivity index (χ1v) is 5.34. The van der Waals surface area contributed by atoms with Crippen LogP contribution in [0.4, 0.5) is 0 Å². The van der Waals surface area contributed by atoms with Crippen molar-refractivity contribution in [2.24, 2.45) is 5.92 Å². The van der Waals surface area contributed by atoms with Gasteiger partial charge in [-0.3, -0.25) is 0 Å². The van der Waals surface area contributed by atoms with Crippen LogP contribution in [0.5, 0.6) is 0 Å². The Morgan fingerprint density at radius 1 is 1.62 bits per heavy atom. The molecule has 1 atom stereocenters. The summed E-state index contributed by atoms with van der Waals surface area (Å²) in [6.07, 6.45) is 1.70. The number of carbonyl (C=O) groups is 1. The summed E-state index contributed by atoms with van der Waals surface area (Å²) in [7, 11) is 0. The quantitative estimate of drug-likeness (QED) is 0.740. The van der Waals surface area contributed by atoms with Gasteiger partial charge in [0.15, 0.2) is 0 Å². The van der Waals surface area contributed by atoms with E-state index in [4.69, 9.17) is 9.94 Å². The molecule has 1 rings (SSSR count). The molecule has 6 heteroatoms. The number of carbonyl (C=O) groups excluding carboxylic acids is 1. The van der Waals surface area contributed by atoms with Crippen molar-refractivity contribution in [3.63, 3.8) is 0 Å². The molecule has 0 spiro atoms. The normalized spacial score (nSPS) is 12.5. The van der Waals surface area contributed by atoms with Gasteiger partial charge in [-0.1, -0.05) is 25.1 Å². The predicted molar refractivity (Wildman–Crippen MR) is 56.3 cm³/mol. The molecule has 1 heterocycles. The summed E-state index contributed by atoms with van der Waals surface area (Å²) in [6, 6.07) is 0. The minimum atomic E-state index is -0.334. The van der Waals surface area contributed by atoms with Crippen LogP contribution in [0.2, 0.25) is 0 Å². The van der Waals surface area contributed by atoms with Crippen LogP contribution in [0.1, 0.15) is 38.1 Å². The number of nitrogens with zero attached hydrogens (tertiary/aromatic N) is 3. The standard InChI is InChI=1S/C10H17N3O3/c1-4-5-7(2)10(15)16-13-8(3)9(6-14)11-12-13/h7,14H,4-6H2,1-3H3. The maximum absolute atomic E-state index is 11.6.